The summed E-state index contributed by atoms with van der Waals surface area (Å²) in [6, 6.07) is 0. The quantitative estimate of drug-likeness (QED) is 0.781. The topological polar surface area (TPSA) is 64.0 Å². The number of hydrogen-bond donors (Lipinski definition) is 1. The molecule has 1 N–H and O–H groups in total. The van der Waals surface area contributed by atoms with Gasteiger partial charge in [-0.15, -0.1) is 11.6 Å². The molecular weight excluding hydrogens is 274 g/mol. The monoisotopic (exact) mass is 293 g/mol. The summed E-state index contributed by atoms with van der Waals surface area (Å²) in [5.74, 6) is 0.689. The molecule has 0 spiro atoms. The van der Waals surface area contributed by atoms with Gasteiger partial charge in [-0.25, -0.2) is 18.1 Å². The van der Waals surface area contributed by atoms with E-state index in [2.05, 4.69) is 9.71 Å². The Hall–Kier alpha value is -0.590. The van der Waals surface area contributed by atoms with Gasteiger partial charge in [0.25, 0.3) is 10.0 Å². The van der Waals surface area contributed by atoms with Crippen LogP contribution in [0.1, 0.15) is 32.5 Å². The summed E-state index contributed by atoms with van der Waals surface area (Å²) in [7, 11) is -3.55. The Labute approximate surface area is 114 Å². The van der Waals surface area contributed by atoms with E-state index in [1.807, 2.05) is 13.8 Å². The predicted molar refractivity (Wildman–Crippen MR) is 72.4 cm³/mol. The van der Waals surface area contributed by atoms with Gasteiger partial charge < -0.3 is 4.57 Å². The van der Waals surface area contributed by atoms with Gasteiger partial charge in [-0.3, -0.25) is 0 Å². The third kappa shape index (κ3) is 3.96. The van der Waals surface area contributed by atoms with Crippen LogP contribution in [0.25, 0.3) is 0 Å². The molecule has 5 nitrogen and oxygen atoms in total. The fourth-order valence-electron chi connectivity index (χ4n) is 1.62. The van der Waals surface area contributed by atoms with E-state index in [0.717, 1.165) is 12.8 Å². The molecule has 0 radical (unpaired) electrons. The number of sulfonamides is 1. The Kier molecular flexibility index (Phi) is 5.62. The molecule has 1 unspecified atom stereocenters. The average Bonchev–Trinajstić information content (AvgIpc) is 2.69. The largest absolute Gasteiger partial charge is 0.334 e. The second-order valence-electron chi connectivity index (χ2n) is 4.15. The minimum Gasteiger partial charge on any atom is -0.334 e. The Balaban J connectivity index is 2.74. The Morgan fingerprint density at radius 3 is 2.67 bits per heavy atom. The molecule has 1 atom stereocenters. The first-order valence-electron chi connectivity index (χ1n) is 6.08. The van der Waals surface area contributed by atoms with Gasteiger partial charge in [0.1, 0.15) is 5.82 Å². The third-order valence-electron chi connectivity index (χ3n) is 2.67. The highest BCUT2D eigenvalue weighted by Gasteiger charge is 2.19. The number of nitrogens with one attached hydrogen (secondary N) is 1. The zero-order chi connectivity index (χ0) is 13.8. The lowest BCUT2D eigenvalue weighted by molar-refractivity contribution is 0.573. The summed E-state index contributed by atoms with van der Waals surface area (Å²) in [4.78, 5) is 4.05. The highest BCUT2D eigenvalue weighted by molar-refractivity contribution is 7.89. The lowest BCUT2D eigenvalue weighted by atomic mass is 10.2. The van der Waals surface area contributed by atoms with Crippen LogP contribution in [-0.2, 0) is 16.6 Å². The summed E-state index contributed by atoms with van der Waals surface area (Å²) >= 11 is 5.99. The average molecular weight is 294 g/mol. The Bertz CT molecular complexity index is 484. The van der Waals surface area contributed by atoms with Gasteiger partial charge >= 0.3 is 0 Å². The van der Waals surface area contributed by atoms with Crippen LogP contribution < -0.4 is 4.72 Å². The van der Waals surface area contributed by atoms with Gasteiger partial charge in [0.2, 0.25) is 0 Å². The standard InChI is InChI=1S/C11H20ClN3O2S/c1-4-6-10(12)7-13-18(16,17)11-8-15(5-2)9(3)14-11/h8,10,13H,4-7H2,1-3H3. The van der Waals surface area contributed by atoms with Crippen LogP contribution >= 0.6 is 11.6 Å². The zero-order valence-corrected chi connectivity index (χ0v) is 12.6. The summed E-state index contributed by atoms with van der Waals surface area (Å²) in [5, 5.41) is -0.124. The van der Waals surface area contributed by atoms with Crippen molar-refractivity contribution in [3.05, 3.63) is 12.0 Å². The normalized spacial score (nSPS) is 13.8. The molecule has 0 saturated heterocycles. The Morgan fingerprint density at radius 1 is 1.50 bits per heavy atom. The molecule has 0 bridgehead atoms. The fourth-order valence-corrected chi connectivity index (χ4v) is 3.09. The van der Waals surface area contributed by atoms with Gasteiger partial charge in [-0.1, -0.05) is 13.3 Å². The maximum atomic E-state index is 12.0. The molecule has 0 aliphatic heterocycles. The number of alkyl halides is 1. The number of halogens is 1. The number of aromatic nitrogens is 2. The number of hydrogen-bond acceptors (Lipinski definition) is 3. The maximum absolute atomic E-state index is 12.0. The lowest BCUT2D eigenvalue weighted by Crippen LogP contribution is -2.30. The molecule has 18 heavy (non-hydrogen) atoms. The molecule has 0 saturated carbocycles. The van der Waals surface area contributed by atoms with Crippen molar-refractivity contribution in [2.45, 2.75) is 50.6 Å². The van der Waals surface area contributed by atoms with Gasteiger partial charge in [-0.05, 0) is 20.3 Å². The minimum absolute atomic E-state index is 0.0576. The van der Waals surface area contributed by atoms with Crippen LogP contribution in [0.3, 0.4) is 0 Å². The molecule has 104 valence electrons. The number of imidazole rings is 1. The van der Waals surface area contributed by atoms with Crippen molar-refractivity contribution in [2.24, 2.45) is 0 Å². The highest BCUT2D eigenvalue weighted by Crippen LogP contribution is 2.10. The van der Waals surface area contributed by atoms with Gasteiger partial charge in [0.05, 0.1) is 0 Å². The van der Waals surface area contributed by atoms with Crippen LogP contribution in [0.5, 0.6) is 0 Å². The molecule has 0 aromatic carbocycles. The zero-order valence-electron chi connectivity index (χ0n) is 11.0. The van der Waals surface area contributed by atoms with Crippen LogP contribution in [0.2, 0.25) is 0 Å². The summed E-state index contributed by atoms with van der Waals surface area (Å²) in [5.41, 5.74) is 0. The maximum Gasteiger partial charge on any atom is 0.259 e. The lowest BCUT2D eigenvalue weighted by Gasteiger charge is -2.08. The van der Waals surface area contributed by atoms with E-state index in [0.29, 0.717) is 12.4 Å². The van der Waals surface area contributed by atoms with Crippen LogP contribution in [0, 0.1) is 6.92 Å². The second kappa shape index (κ2) is 6.54. The fraction of sp³-hybridized carbons (Fsp3) is 0.727. The van der Waals surface area contributed by atoms with Gasteiger partial charge in [-0.2, -0.15) is 0 Å². The smallest absolute Gasteiger partial charge is 0.259 e. The number of nitrogens with zero attached hydrogens (tertiary/aromatic N) is 2. The molecule has 1 aromatic rings. The van der Waals surface area contributed by atoms with Crippen LogP contribution in [-0.4, -0.2) is 29.9 Å². The molecule has 0 amide bonds. The van der Waals surface area contributed by atoms with E-state index in [1.165, 1.54) is 0 Å². The number of rotatable bonds is 7. The molecule has 0 aliphatic rings. The summed E-state index contributed by atoms with van der Waals surface area (Å²) in [6.45, 7) is 6.66. The Morgan fingerprint density at radius 2 is 2.17 bits per heavy atom. The summed E-state index contributed by atoms with van der Waals surface area (Å²) < 4.78 is 28.2. The van der Waals surface area contributed by atoms with E-state index < -0.39 is 10.0 Å². The highest BCUT2D eigenvalue weighted by atomic mass is 35.5. The first-order valence-corrected chi connectivity index (χ1v) is 8.00. The second-order valence-corrected chi connectivity index (χ2v) is 6.48. The first kappa shape index (κ1) is 15.5. The van der Waals surface area contributed by atoms with Crippen molar-refractivity contribution >= 4 is 21.6 Å². The van der Waals surface area contributed by atoms with Crippen LogP contribution in [0.15, 0.2) is 11.2 Å². The molecule has 1 heterocycles. The molecular formula is C11H20ClN3O2S. The van der Waals surface area contributed by atoms with Gasteiger partial charge in [0, 0.05) is 24.7 Å². The van der Waals surface area contributed by atoms with Crippen molar-refractivity contribution in [1.82, 2.24) is 14.3 Å². The third-order valence-corrected chi connectivity index (χ3v) is 4.33. The van der Waals surface area contributed by atoms with Crippen molar-refractivity contribution in [3.8, 4) is 0 Å². The van der Waals surface area contributed by atoms with Crippen molar-refractivity contribution in [1.29, 1.82) is 0 Å². The van der Waals surface area contributed by atoms with Gasteiger partial charge in [0.15, 0.2) is 5.03 Å². The van der Waals surface area contributed by atoms with E-state index in [-0.39, 0.29) is 16.9 Å². The van der Waals surface area contributed by atoms with Crippen molar-refractivity contribution < 1.29 is 8.42 Å². The first-order chi connectivity index (χ1) is 8.40. The molecule has 0 fully saturated rings. The molecule has 7 heteroatoms. The molecule has 1 aromatic heterocycles. The molecule has 0 aliphatic carbocycles. The minimum atomic E-state index is -3.55. The van der Waals surface area contributed by atoms with Crippen molar-refractivity contribution in [3.63, 3.8) is 0 Å². The summed E-state index contributed by atoms with van der Waals surface area (Å²) in [6.07, 6.45) is 3.26. The van der Waals surface area contributed by atoms with E-state index in [4.69, 9.17) is 11.6 Å². The van der Waals surface area contributed by atoms with Crippen LogP contribution in [0.4, 0.5) is 0 Å². The van der Waals surface area contributed by atoms with E-state index >= 15 is 0 Å². The van der Waals surface area contributed by atoms with E-state index in [9.17, 15) is 8.42 Å². The molecule has 1 rings (SSSR count). The number of aryl methyl sites for hydroxylation is 2. The van der Waals surface area contributed by atoms with Crippen molar-refractivity contribution in [2.75, 3.05) is 6.54 Å². The predicted octanol–water partition coefficient (Wildman–Crippen LogP) is 1.90. The SMILES string of the molecule is CCCC(Cl)CNS(=O)(=O)c1cn(CC)c(C)n1. The van der Waals surface area contributed by atoms with E-state index in [1.54, 1.807) is 17.7 Å².